The fourth-order valence-corrected chi connectivity index (χ4v) is 4.95. The molecule has 2 amide bonds. The van der Waals surface area contributed by atoms with Crippen LogP contribution in [-0.4, -0.2) is 39.2 Å². The highest BCUT2D eigenvalue weighted by atomic mass is 32.1. The lowest BCUT2D eigenvalue weighted by Gasteiger charge is -2.24. The number of amides is 2. The fraction of sp³-hybridized carbons (Fsp3) is 0.231. The van der Waals surface area contributed by atoms with Gasteiger partial charge in [0.1, 0.15) is 36.5 Å². The molecule has 2 atom stereocenters. The number of nitrogens with zero attached hydrogens (tertiary/aromatic N) is 4. The van der Waals surface area contributed by atoms with Crippen molar-refractivity contribution in [3.05, 3.63) is 89.4 Å². The summed E-state index contributed by atoms with van der Waals surface area (Å²) in [5.74, 6) is 0.214. The lowest BCUT2D eigenvalue weighted by molar-refractivity contribution is -0.128. The molecule has 5 rings (SSSR count). The summed E-state index contributed by atoms with van der Waals surface area (Å²) in [6.07, 6.45) is 4.32. The van der Waals surface area contributed by atoms with Crippen molar-refractivity contribution >= 4 is 28.8 Å². The topological polar surface area (TPSA) is 89.4 Å². The van der Waals surface area contributed by atoms with Gasteiger partial charge >= 0.3 is 0 Å². The Labute approximate surface area is 211 Å². The summed E-state index contributed by atoms with van der Waals surface area (Å²) < 4.78 is 20.3. The number of anilines is 1. The number of rotatable bonds is 8. The van der Waals surface area contributed by atoms with Crippen molar-refractivity contribution in [2.45, 2.75) is 25.4 Å². The SMILES string of the molecule is O=C(Cn1cncn1)N(C(=O)[C@@H]1C[C@@H](Cc2ccsc2)CN1)c1ccc(Oc2ccc(F)cc2)cc1. The Morgan fingerprint density at radius 1 is 1.11 bits per heavy atom. The van der Waals surface area contributed by atoms with Crippen LogP contribution in [0.2, 0.25) is 0 Å². The number of benzene rings is 2. The van der Waals surface area contributed by atoms with Gasteiger partial charge in [-0.2, -0.15) is 16.4 Å². The smallest absolute Gasteiger partial charge is 0.255 e. The highest BCUT2D eigenvalue weighted by molar-refractivity contribution is 7.07. The summed E-state index contributed by atoms with van der Waals surface area (Å²) in [6, 6.07) is 14.0. The molecule has 4 aromatic rings. The Bertz CT molecular complexity index is 1290. The summed E-state index contributed by atoms with van der Waals surface area (Å²) in [4.78, 5) is 32.0. The minimum absolute atomic E-state index is 0.120. The maximum absolute atomic E-state index is 13.6. The molecule has 2 aromatic carbocycles. The molecule has 0 saturated carbocycles. The first kappa shape index (κ1) is 23.8. The molecule has 0 spiro atoms. The molecule has 1 saturated heterocycles. The van der Waals surface area contributed by atoms with Crippen molar-refractivity contribution in [3.8, 4) is 11.5 Å². The summed E-state index contributed by atoms with van der Waals surface area (Å²) in [5.41, 5.74) is 1.69. The van der Waals surface area contributed by atoms with Gasteiger partial charge in [-0.05, 0) is 96.2 Å². The van der Waals surface area contributed by atoms with Crippen LogP contribution >= 0.6 is 11.3 Å². The standard InChI is InChI=1S/C26H24FN5O3S/c27-20-1-5-22(6-2-20)35-23-7-3-21(4-8-23)32(25(33)14-31-17-28-16-30-31)26(34)24-12-19(13-29-24)11-18-9-10-36-15-18/h1-10,15-17,19,24,29H,11-14H2/t19-,24+/m1/s1. The third-order valence-electron chi connectivity index (χ3n) is 6.00. The zero-order valence-electron chi connectivity index (χ0n) is 19.3. The first-order chi connectivity index (χ1) is 17.5. The molecule has 1 aliphatic heterocycles. The van der Waals surface area contributed by atoms with Crippen LogP contribution in [0.5, 0.6) is 11.5 Å². The van der Waals surface area contributed by atoms with E-state index in [1.54, 1.807) is 35.6 Å². The van der Waals surface area contributed by atoms with Gasteiger partial charge in [-0.3, -0.25) is 9.59 Å². The number of thiophene rings is 1. The third-order valence-corrected chi connectivity index (χ3v) is 6.73. The number of carbonyl (C=O) groups is 2. The second-order valence-electron chi connectivity index (χ2n) is 8.61. The molecule has 0 unspecified atom stereocenters. The van der Waals surface area contributed by atoms with Gasteiger partial charge in [-0.1, -0.05) is 0 Å². The molecule has 3 heterocycles. The summed E-state index contributed by atoms with van der Waals surface area (Å²) >= 11 is 1.66. The van der Waals surface area contributed by atoms with Crippen molar-refractivity contribution in [1.82, 2.24) is 20.1 Å². The number of hydrogen-bond donors (Lipinski definition) is 1. The summed E-state index contributed by atoms with van der Waals surface area (Å²) in [6.45, 7) is 0.590. The fourth-order valence-electron chi connectivity index (χ4n) is 4.27. The predicted molar refractivity (Wildman–Crippen MR) is 133 cm³/mol. The first-order valence-electron chi connectivity index (χ1n) is 11.5. The van der Waals surface area contributed by atoms with Crippen molar-refractivity contribution in [3.63, 3.8) is 0 Å². The van der Waals surface area contributed by atoms with E-state index in [0.29, 0.717) is 36.1 Å². The highest BCUT2D eigenvalue weighted by Gasteiger charge is 2.35. The maximum Gasteiger partial charge on any atom is 0.255 e. The maximum atomic E-state index is 13.6. The predicted octanol–water partition coefficient (Wildman–Crippen LogP) is 4.05. The molecule has 2 aromatic heterocycles. The van der Waals surface area contributed by atoms with Crippen LogP contribution in [0.1, 0.15) is 12.0 Å². The Kier molecular flexibility index (Phi) is 7.15. The van der Waals surface area contributed by atoms with Crippen molar-refractivity contribution in [1.29, 1.82) is 0 Å². The van der Waals surface area contributed by atoms with E-state index in [2.05, 4.69) is 26.8 Å². The molecule has 36 heavy (non-hydrogen) atoms. The molecule has 1 fully saturated rings. The van der Waals surface area contributed by atoms with Gasteiger partial charge in [-0.15, -0.1) is 0 Å². The van der Waals surface area contributed by atoms with E-state index in [-0.39, 0.29) is 18.3 Å². The Hall–Kier alpha value is -3.89. The average Bonchev–Trinajstić information content (AvgIpc) is 3.66. The van der Waals surface area contributed by atoms with Gasteiger partial charge in [-0.25, -0.2) is 19.0 Å². The van der Waals surface area contributed by atoms with E-state index in [4.69, 9.17) is 4.74 Å². The van der Waals surface area contributed by atoms with Gasteiger partial charge < -0.3 is 10.1 Å². The molecule has 8 nitrogen and oxygen atoms in total. The zero-order chi connectivity index (χ0) is 24.9. The van der Waals surface area contributed by atoms with Crippen molar-refractivity contribution in [2.24, 2.45) is 5.92 Å². The van der Waals surface area contributed by atoms with Crippen LogP contribution in [0, 0.1) is 11.7 Å². The van der Waals surface area contributed by atoms with Crippen LogP contribution in [0.25, 0.3) is 0 Å². The van der Waals surface area contributed by atoms with Crippen molar-refractivity contribution in [2.75, 3.05) is 11.4 Å². The minimum Gasteiger partial charge on any atom is -0.457 e. The summed E-state index contributed by atoms with van der Waals surface area (Å²) in [7, 11) is 0. The normalized spacial score (nSPS) is 17.1. The third kappa shape index (κ3) is 5.67. The van der Waals surface area contributed by atoms with E-state index in [1.807, 2.05) is 5.38 Å². The van der Waals surface area contributed by atoms with Crippen LogP contribution in [-0.2, 0) is 22.6 Å². The van der Waals surface area contributed by atoms with E-state index in [1.165, 1.54) is 52.1 Å². The number of aromatic nitrogens is 3. The minimum atomic E-state index is -0.469. The van der Waals surface area contributed by atoms with Crippen LogP contribution < -0.4 is 15.0 Å². The molecule has 1 aliphatic rings. The van der Waals surface area contributed by atoms with E-state index in [0.717, 1.165) is 6.42 Å². The lowest BCUT2D eigenvalue weighted by atomic mass is 9.98. The molecule has 0 aliphatic carbocycles. The number of hydrogen-bond acceptors (Lipinski definition) is 7. The van der Waals surface area contributed by atoms with Gasteiger partial charge in [0, 0.05) is 0 Å². The number of carbonyl (C=O) groups excluding carboxylic acids is 2. The zero-order valence-corrected chi connectivity index (χ0v) is 20.1. The second kappa shape index (κ2) is 10.8. The molecule has 184 valence electrons. The van der Waals surface area contributed by atoms with Crippen LogP contribution in [0.15, 0.2) is 78.0 Å². The van der Waals surface area contributed by atoms with E-state index >= 15 is 0 Å². The Morgan fingerprint density at radius 2 is 1.86 bits per heavy atom. The number of halogens is 1. The number of nitrogens with one attached hydrogen (secondary N) is 1. The van der Waals surface area contributed by atoms with E-state index in [9.17, 15) is 14.0 Å². The highest BCUT2D eigenvalue weighted by Crippen LogP contribution is 2.27. The van der Waals surface area contributed by atoms with Crippen LogP contribution in [0.3, 0.4) is 0 Å². The van der Waals surface area contributed by atoms with E-state index < -0.39 is 11.9 Å². The number of imide groups is 1. The molecule has 1 N–H and O–H groups in total. The Balaban J connectivity index is 1.33. The second-order valence-corrected chi connectivity index (χ2v) is 9.39. The Morgan fingerprint density at radius 3 is 2.53 bits per heavy atom. The summed E-state index contributed by atoms with van der Waals surface area (Å²) in [5, 5.41) is 11.5. The average molecular weight is 506 g/mol. The van der Waals surface area contributed by atoms with Gasteiger partial charge in [0.15, 0.2) is 0 Å². The lowest BCUT2D eigenvalue weighted by Crippen LogP contribution is -2.48. The van der Waals surface area contributed by atoms with Gasteiger partial charge in [0.05, 0.1) is 11.7 Å². The van der Waals surface area contributed by atoms with Crippen LogP contribution in [0.4, 0.5) is 10.1 Å². The van der Waals surface area contributed by atoms with Crippen molar-refractivity contribution < 1.29 is 18.7 Å². The molecule has 0 bridgehead atoms. The van der Waals surface area contributed by atoms with Gasteiger partial charge in [0.25, 0.3) is 11.8 Å². The molecular formula is C26H24FN5O3S. The first-order valence-corrected chi connectivity index (χ1v) is 12.5. The monoisotopic (exact) mass is 505 g/mol. The molecule has 0 radical (unpaired) electrons. The molecule has 10 heteroatoms. The molecular weight excluding hydrogens is 481 g/mol. The largest absolute Gasteiger partial charge is 0.457 e. The number of ether oxygens (including phenoxy) is 1. The van der Waals surface area contributed by atoms with Gasteiger partial charge in [0.2, 0.25) is 0 Å². The quantitative estimate of drug-likeness (QED) is 0.389.